The Morgan fingerprint density at radius 2 is 1.75 bits per heavy atom. The highest BCUT2D eigenvalue weighted by molar-refractivity contribution is 5.95. The molecule has 0 aliphatic carbocycles. The van der Waals surface area contributed by atoms with Crippen LogP contribution in [0.1, 0.15) is 36.6 Å². The first-order valence-electron chi connectivity index (χ1n) is 13.9. The summed E-state index contributed by atoms with van der Waals surface area (Å²) in [6, 6.07) is 19.0. The summed E-state index contributed by atoms with van der Waals surface area (Å²) in [7, 11) is 2.84. The Morgan fingerprint density at radius 1 is 1.00 bits per heavy atom. The van der Waals surface area contributed by atoms with Gasteiger partial charge in [-0.2, -0.15) is 5.10 Å². The molecule has 12 nitrogen and oxygen atoms in total. The number of aliphatic hydroxyl groups excluding tert-OH is 1. The number of methoxy groups -OCH3 is 2. The van der Waals surface area contributed by atoms with Crippen molar-refractivity contribution in [2.45, 2.75) is 32.7 Å². The number of hydrogen-bond acceptors (Lipinski definition) is 10. The number of amides is 2. The third-order valence-corrected chi connectivity index (χ3v) is 6.53. The number of benzene rings is 3. The summed E-state index contributed by atoms with van der Waals surface area (Å²) in [6.45, 7) is 4.04. The van der Waals surface area contributed by atoms with Gasteiger partial charge in [0.2, 0.25) is 0 Å². The van der Waals surface area contributed by atoms with E-state index in [1.54, 1.807) is 44.4 Å². The lowest BCUT2D eigenvalue weighted by atomic mass is 9.95. The first-order valence-corrected chi connectivity index (χ1v) is 13.9. The molecule has 0 bridgehead atoms. The number of carbonyl (C=O) groups is 2. The van der Waals surface area contributed by atoms with Gasteiger partial charge in [0.15, 0.2) is 29.2 Å². The molecular formula is C32H36N4O8. The molecule has 3 aromatic rings. The molecule has 4 rings (SSSR count). The maximum Gasteiger partial charge on any atom is 0.337 e. The van der Waals surface area contributed by atoms with Crippen molar-refractivity contribution in [1.82, 2.24) is 16.1 Å². The fourth-order valence-corrected chi connectivity index (χ4v) is 4.44. The van der Waals surface area contributed by atoms with Gasteiger partial charge in [-0.15, -0.1) is 0 Å². The first-order chi connectivity index (χ1) is 21.3. The number of ether oxygens (including phenoxy) is 5. The zero-order valence-corrected chi connectivity index (χ0v) is 25.0. The van der Waals surface area contributed by atoms with Gasteiger partial charge in [0, 0.05) is 5.70 Å². The number of nitrogens with zero attached hydrogens (tertiary/aromatic N) is 1. The Hall–Kier alpha value is -5.23. The molecule has 1 aliphatic rings. The Balaban J connectivity index is 1.36. The molecule has 0 unspecified atom stereocenters. The van der Waals surface area contributed by atoms with Crippen LogP contribution < -0.4 is 35.0 Å². The summed E-state index contributed by atoms with van der Waals surface area (Å²) in [5, 5.41) is 19.9. The van der Waals surface area contributed by atoms with Crippen molar-refractivity contribution in [2.75, 3.05) is 27.4 Å². The monoisotopic (exact) mass is 604 g/mol. The zero-order chi connectivity index (χ0) is 31.5. The molecule has 2 amide bonds. The van der Waals surface area contributed by atoms with Crippen LogP contribution in [0.5, 0.6) is 23.0 Å². The third kappa shape index (κ3) is 8.19. The Kier molecular flexibility index (Phi) is 11.0. The molecular weight excluding hydrogens is 568 g/mol. The average molecular weight is 605 g/mol. The van der Waals surface area contributed by atoms with Gasteiger partial charge < -0.3 is 39.4 Å². The second-order valence-corrected chi connectivity index (χ2v) is 9.60. The van der Waals surface area contributed by atoms with Crippen LogP contribution in [0.4, 0.5) is 4.79 Å². The predicted molar refractivity (Wildman–Crippen MR) is 163 cm³/mol. The van der Waals surface area contributed by atoms with Gasteiger partial charge in [0.25, 0.3) is 0 Å². The van der Waals surface area contributed by atoms with Crippen molar-refractivity contribution in [3.63, 3.8) is 0 Å². The number of carbonyl (C=O) groups excluding carboxylic acids is 2. The van der Waals surface area contributed by atoms with Gasteiger partial charge in [-0.05, 0) is 60.9 Å². The minimum Gasteiger partial charge on any atom is -0.493 e. The molecule has 0 radical (unpaired) electrons. The Morgan fingerprint density at radius 3 is 2.48 bits per heavy atom. The lowest BCUT2D eigenvalue weighted by Crippen LogP contribution is -2.45. The summed E-state index contributed by atoms with van der Waals surface area (Å²) in [6.07, 6.45) is 0.394. The van der Waals surface area contributed by atoms with Gasteiger partial charge in [-0.1, -0.05) is 36.4 Å². The molecule has 44 heavy (non-hydrogen) atoms. The minimum atomic E-state index is -1.14. The van der Waals surface area contributed by atoms with E-state index in [9.17, 15) is 14.7 Å². The number of rotatable bonds is 14. The topological polar surface area (TPSA) is 149 Å². The van der Waals surface area contributed by atoms with E-state index in [2.05, 4.69) is 21.2 Å². The van der Waals surface area contributed by atoms with Crippen LogP contribution in [-0.4, -0.2) is 57.0 Å². The lowest BCUT2D eigenvalue weighted by Gasteiger charge is -2.28. The number of esters is 1. The van der Waals surface area contributed by atoms with E-state index in [0.29, 0.717) is 47.5 Å². The van der Waals surface area contributed by atoms with E-state index in [-0.39, 0.29) is 12.2 Å². The lowest BCUT2D eigenvalue weighted by molar-refractivity contribution is -0.136. The van der Waals surface area contributed by atoms with Crippen molar-refractivity contribution >= 4 is 18.2 Å². The van der Waals surface area contributed by atoms with Crippen molar-refractivity contribution in [2.24, 2.45) is 5.10 Å². The molecule has 1 aliphatic heterocycles. The second kappa shape index (κ2) is 15.3. The molecule has 4 N–H and O–H groups in total. The SMILES string of the molecule is CCOc1cc([C@@H]2NC(=O)NC(C)=C2C(=O)OC)ccc1OC[C@H](O)N/N=C\c1ccc(OCc2ccccc2)c(OC)c1. The maximum absolute atomic E-state index is 12.4. The predicted octanol–water partition coefficient (Wildman–Crippen LogP) is 3.79. The van der Waals surface area contributed by atoms with Crippen LogP contribution in [-0.2, 0) is 16.1 Å². The number of nitrogens with one attached hydrogen (secondary N) is 3. The van der Waals surface area contributed by atoms with E-state index in [1.807, 2.05) is 43.3 Å². The number of aliphatic hydroxyl groups is 1. The highest BCUT2D eigenvalue weighted by Crippen LogP contribution is 2.35. The van der Waals surface area contributed by atoms with Crippen LogP contribution in [0, 0.1) is 0 Å². The largest absolute Gasteiger partial charge is 0.493 e. The summed E-state index contributed by atoms with van der Waals surface area (Å²) in [4.78, 5) is 24.6. The van der Waals surface area contributed by atoms with Crippen molar-refractivity contribution in [3.05, 3.63) is 94.7 Å². The molecule has 2 atom stereocenters. The number of urea groups is 1. The van der Waals surface area contributed by atoms with Gasteiger partial charge in [0.05, 0.1) is 38.7 Å². The van der Waals surface area contributed by atoms with Gasteiger partial charge in [-0.3, -0.25) is 5.43 Å². The van der Waals surface area contributed by atoms with Crippen molar-refractivity contribution in [1.29, 1.82) is 0 Å². The van der Waals surface area contributed by atoms with Gasteiger partial charge in [0.1, 0.15) is 13.2 Å². The van der Waals surface area contributed by atoms with Crippen LogP contribution in [0.3, 0.4) is 0 Å². The Labute approximate surface area is 255 Å². The summed E-state index contributed by atoms with van der Waals surface area (Å²) in [5.41, 5.74) is 5.64. The van der Waals surface area contributed by atoms with E-state index in [0.717, 1.165) is 11.1 Å². The molecule has 1 heterocycles. The van der Waals surface area contributed by atoms with Crippen molar-refractivity contribution in [3.8, 4) is 23.0 Å². The summed E-state index contributed by atoms with van der Waals surface area (Å²) < 4.78 is 27.8. The maximum atomic E-state index is 12.4. The average Bonchev–Trinajstić information content (AvgIpc) is 3.03. The standard InChI is InChI=1S/C32H36N4O8/c1-5-42-27-16-23(30-29(31(38)41-4)20(2)34-32(39)35-30)12-14-25(27)44-19-28(37)36-33-17-22-11-13-24(26(15-22)40-3)43-18-21-9-7-6-8-10-21/h6-17,28,30,36-37H,5,18-19H2,1-4H3,(H2,34,35,39)/b33-17-/t28-,30-/m0/s1. The van der Waals surface area contributed by atoms with Crippen LogP contribution in [0.25, 0.3) is 0 Å². The second-order valence-electron chi connectivity index (χ2n) is 9.60. The van der Waals surface area contributed by atoms with E-state index < -0.39 is 24.3 Å². The molecule has 0 fully saturated rings. The highest BCUT2D eigenvalue weighted by atomic mass is 16.5. The Bertz CT molecular complexity index is 1510. The van der Waals surface area contributed by atoms with E-state index in [1.165, 1.54) is 13.3 Å². The number of allylic oxidation sites excluding steroid dienone is 1. The van der Waals surface area contributed by atoms with Gasteiger partial charge >= 0.3 is 12.0 Å². The quantitative estimate of drug-likeness (QED) is 0.0933. The van der Waals surface area contributed by atoms with Crippen LogP contribution in [0.2, 0.25) is 0 Å². The van der Waals surface area contributed by atoms with E-state index in [4.69, 9.17) is 23.7 Å². The minimum absolute atomic E-state index is 0.150. The normalized spacial score (nSPS) is 15.2. The van der Waals surface area contributed by atoms with Crippen LogP contribution >= 0.6 is 0 Å². The molecule has 232 valence electrons. The summed E-state index contributed by atoms with van der Waals surface area (Å²) in [5.74, 6) is 1.31. The fourth-order valence-electron chi connectivity index (χ4n) is 4.44. The molecule has 0 saturated carbocycles. The zero-order valence-electron chi connectivity index (χ0n) is 25.0. The van der Waals surface area contributed by atoms with Crippen molar-refractivity contribution < 1.29 is 38.4 Å². The third-order valence-electron chi connectivity index (χ3n) is 6.53. The smallest absolute Gasteiger partial charge is 0.337 e. The highest BCUT2D eigenvalue weighted by Gasteiger charge is 2.32. The van der Waals surface area contributed by atoms with E-state index >= 15 is 0 Å². The van der Waals surface area contributed by atoms with Gasteiger partial charge in [-0.25, -0.2) is 9.59 Å². The molecule has 12 heteroatoms. The first kappa shape index (κ1) is 31.7. The fraction of sp³-hybridized carbons (Fsp3) is 0.281. The molecule has 0 aromatic heterocycles. The number of hydrogen-bond donors (Lipinski definition) is 4. The molecule has 0 saturated heterocycles. The van der Waals surface area contributed by atoms with Crippen LogP contribution in [0.15, 0.2) is 83.1 Å². The summed E-state index contributed by atoms with van der Waals surface area (Å²) >= 11 is 0. The molecule has 0 spiro atoms. The number of hydrazone groups is 1. The molecule has 3 aromatic carbocycles.